The summed E-state index contributed by atoms with van der Waals surface area (Å²) < 4.78 is 48.0. The third kappa shape index (κ3) is 4.44. The second-order valence-electron chi connectivity index (χ2n) is 9.40. The maximum absolute atomic E-state index is 13.2. The van der Waals surface area contributed by atoms with E-state index in [1.165, 1.54) is 6.20 Å². The van der Waals surface area contributed by atoms with Gasteiger partial charge in [0.1, 0.15) is 0 Å². The predicted octanol–water partition coefficient (Wildman–Crippen LogP) is 4.09. The van der Waals surface area contributed by atoms with Gasteiger partial charge >= 0.3 is 6.36 Å². The lowest BCUT2D eigenvalue weighted by atomic mass is 9.78. The fourth-order valence-corrected chi connectivity index (χ4v) is 4.60. The van der Waals surface area contributed by atoms with E-state index in [4.69, 9.17) is 4.74 Å². The van der Waals surface area contributed by atoms with Crippen LogP contribution in [0.1, 0.15) is 15.9 Å². The van der Waals surface area contributed by atoms with Gasteiger partial charge in [-0.3, -0.25) is 4.79 Å². The number of benzene rings is 1. The highest BCUT2D eigenvalue weighted by molar-refractivity contribution is 6.09. The highest BCUT2D eigenvalue weighted by atomic mass is 19.4. The summed E-state index contributed by atoms with van der Waals surface area (Å²) in [6, 6.07) is 9.10. The van der Waals surface area contributed by atoms with Crippen molar-refractivity contribution in [1.82, 2.24) is 19.6 Å². The molecule has 1 N–H and O–H groups in total. The number of hydrogen-bond donors (Lipinski definition) is 1. The molecule has 2 aliphatic rings. The largest absolute Gasteiger partial charge is 0.573 e. The van der Waals surface area contributed by atoms with E-state index in [9.17, 15) is 18.0 Å². The van der Waals surface area contributed by atoms with Crippen molar-refractivity contribution in [3.63, 3.8) is 0 Å². The van der Waals surface area contributed by atoms with E-state index in [1.54, 1.807) is 22.7 Å². The van der Waals surface area contributed by atoms with Gasteiger partial charge in [-0.15, -0.1) is 13.2 Å². The lowest BCUT2D eigenvalue weighted by molar-refractivity contribution is -0.274. The van der Waals surface area contributed by atoms with Crippen LogP contribution in [-0.2, 0) is 4.74 Å². The first-order valence-electron chi connectivity index (χ1n) is 11.5. The fourth-order valence-electron chi connectivity index (χ4n) is 4.60. The van der Waals surface area contributed by atoms with Crippen LogP contribution in [0.15, 0.2) is 55.1 Å². The van der Waals surface area contributed by atoms with E-state index in [1.807, 2.05) is 25.3 Å². The van der Waals surface area contributed by atoms with Crippen molar-refractivity contribution in [3.05, 3.63) is 66.2 Å². The van der Waals surface area contributed by atoms with Crippen LogP contribution in [0.3, 0.4) is 0 Å². The standard InChI is InChI=1S/C25H21F3N6O3/c1-15-2-3-16(22-29-8-18(9-30-22)37-25(26,27)28)6-20(15)32-23(35)19-10-31-34-5-4-17(7-21(19)34)33-11-24(12-33)13-36-14-24/h2-10H,11-14H2,1H3,(H,32,35). The molecule has 0 unspecified atom stereocenters. The van der Waals surface area contributed by atoms with Crippen LogP contribution in [0.25, 0.3) is 16.9 Å². The number of aryl methyl sites for hydroxylation is 1. The molecule has 9 nitrogen and oxygen atoms in total. The molecule has 3 aromatic heterocycles. The molecule has 2 aliphatic heterocycles. The van der Waals surface area contributed by atoms with Crippen LogP contribution in [0.4, 0.5) is 24.5 Å². The lowest BCUT2D eigenvalue weighted by Crippen LogP contribution is -2.66. The van der Waals surface area contributed by atoms with Crippen molar-refractivity contribution in [3.8, 4) is 17.1 Å². The van der Waals surface area contributed by atoms with E-state index in [0.29, 0.717) is 22.3 Å². The molecule has 1 spiro atoms. The number of ether oxygens (including phenoxy) is 2. The fraction of sp³-hybridized carbons (Fsp3) is 0.280. The SMILES string of the molecule is Cc1ccc(-c2ncc(OC(F)(F)F)cn2)cc1NC(=O)c1cnn2ccc(N3CC4(COC4)C3)cc12. The minimum Gasteiger partial charge on any atom is -0.402 e. The maximum Gasteiger partial charge on any atom is 0.573 e. The monoisotopic (exact) mass is 510 g/mol. The van der Waals surface area contributed by atoms with Crippen molar-refractivity contribution >= 4 is 22.8 Å². The zero-order valence-corrected chi connectivity index (χ0v) is 19.6. The average molecular weight is 510 g/mol. The van der Waals surface area contributed by atoms with Gasteiger partial charge in [0.25, 0.3) is 5.91 Å². The number of fused-ring (bicyclic) bond motifs is 1. The summed E-state index contributed by atoms with van der Waals surface area (Å²) in [5.74, 6) is -0.664. The molecule has 0 bridgehead atoms. The van der Waals surface area contributed by atoms with E-state index < -0.39 is 12.1 Å². The molecule has 6 rings (SSSR count). The van der Waals surface area contributed by atoms with Crippen LogP contribution < -0.4 is 15.0 Å². The molecule has 0 aliphatic carbocycles. The quantitative estimate of drug-likeness (QED) is 0.432. The molecule has 12 heteroatoms. The first-order valence-corrected chi connectivity index (χ1v) is 11.5. The average Bonchev–Trinajstić information content (AvgIpc) is 3.22. The summed E-state index contributed by atoms with van der Waals surface area (Å²) >= 11 is 0. The lowest BCUT2D eigenvalue weighted by Gasteiger charge is -2.56. The van der Waals surface area contributed by atoms with E-state index >= 15 is 0 Å². The molecule has 0 radical (unpaired) electrons. The van der Waals surface area contributed by atoms with Gasteiger partial charge in [0.2, 0.25) is 0 Å². The van der Waals surface area contributed by atoms with Crippen molar-refractivity contribution in [2.75, 3.05) is 36.5 Å². The predicted molar refractivity (Wildman–Crippen MR) is 127 cm³/mol. The topological polar surface area (TPSA) is 93.9 Å². The van der Waals surface area contributed by atoms with Gasteiger partial charge < -0.3 is 19.7 Å². The van der Waals surface area contributed by atoms with Crippen LogP contribution in [0.5, 0.6) is 5.75 Å². The number of halogens is 3. The normalized spacial score (nSPS) is 16.4. The van der Waals surface area contributed by atoms with Gasteiger partial charge in [0.15, 0.2) is 11.6 Å². The molecule has 1 amide bonds. The van der Waals surface area contributed by atoms with Gasteiger partial charge in [0.05, 0.1) is 48.3 Å². The van der Waals surface area contributed by atoms with Crippen molar-refractivity contribution in [1.29, 1.82) is 0 Å². The highest BCUT2D eigenvalue weighted by Gasteiger charge is 2.49. The first kappa shape index (κ1) is 23.2. The van der Waals surface area contributed by atoms with Crippen molar-refractivity contribution < 1.29 is 27.4 Å². The smallest absolute Gasteiger partial charge is 0.402 e. The molecule has 4 aromatic rings. The number of rotatable bonds is 5. The van der Waals surface area contributed by atoms with Crippen LogP contribution in [-0.4, -0.2) is 58.2 Å². The maximum atomic E-state index is 13.2. The van der Waals surface area contributed by atoms with Gasteiger partial charge in [-0.05, 0) is 30.7 Å². The van der Waals surface area contributed by atoms with E-state index in [0.717, 1.165) is 49.9 Å². The Morgan fingerprint density at radius 2 is 1.86 bits per heavy atom. The molecule has 0 atom stereocenters. The second-order valence-corrected chi connectivity index (χ2v) is 9.40. The third-order valence-corrected chi connectivity index (χ3v) is 6.59. The van der Waals surface area contributed by atoms with Crippen LogP contribution >= 0.6 is 0 Å². The van der Waals surface area contributed by atoms with Crippen LogP contribution in [0.2, 0.25) is 0 Å². The molecule has 2 fully saturated rings. The van der Waals surface area contributed by atoms with Crippen LogP contribution in [0, 0.1) is 12.3 Å². The Balaban J connectivity index is 1.21. The summed E-state index contributed by atoms with van der Waals surface area (Å²) in [7, 11) is 0. The summed E-state index contributed by atoms with van der Waals surface area (Å²) in [6.07, 6.45) is 0.422. The minimum absolute atomic E-state index is 0.190. The summed E-state index contributed by atoms with van der Waals surface area (Å²) in [5.41, 5.74) is 4.22. The Bertz CT molecular complexity index is 1490. The Morgan fingerprint density at radius 1 is 1.11 bits per heavy atom. The molecule has 5 heterocycles. The Morgan fingerprint density at radius 3 is 2.54 bits per heavy atom. The number of nitrogens with zero attached hydrogens (tertiary/aromatic N) is 5. The number of carbonyl (C=O) groups excluding carboxylic acids is 1. The number of carbonyl (C=O) groups is 1. The summed E-state index contributed by atoms with van der Waals surface area (Å²) in [4.78, 5) is 23.4. The number of alkyl halides is 3. The zero-order chi connectivity index (χ0) is 25.8. The zero-order valence-electron chi connectivity index (χ0n) is 19.6. The Kier molecular flexibility index (Phi) is 5.30. The number of nitrogens with one attached hydrogen (secondary N) is 1. The van der Waals surface area contributed by atoms with Gasteiger partial charge in [0, 0.05) is 36.2 Å². The van der Waals surface area contributed by atoms with E-state index in [-0.39, 0.29) is 17.1 Å². The number of amides is 1. The summed E-state index contributed by atoms with van der Waals surface area (Å²) in [5, 5.41) is 7.22. The molecule has 2 saturated heterocycles. The first-order chi connectivity index (χ1) is 17.7. The molecule has 0 saturated carbocycles. The molecular weight excluding hydrogens is 489 g/mol. The van der Waals surface area contributed by atoms with Gasteiger partial charge in [-0.25, -0.2) is 14.5 Å². The molecule has 1 aromatic carbocycles. The molecular formula is C25H21F3N6O3. The Labute approximate surface area is 208 Å². The minimum atomic E-state index is -4.83. The van der Waals surface area contributed by atoms with Crippen molar-refractivity contribution in [2.24, 2.45) is 5.41 Å². The number of anilines is 2. The molecule has 190 valence electrons. The van der Waals surface area contributed by atoms with Gasteiger partial charge in [-0.1, -0.05) is 12.1 Å². The molecule has 37 heavy (non-hydrogen) atoms. The van der Waals surface area contributed by atoms with Gasteiger partial charge in [-0.2, -0.15) is 5.10 Å². The third-order valence-electron chi connectivity index (χ3n) is 6.59. The Hall–Kier alpha value is -4.19. The summed E-state index contributed by atoms with van der Waals surface area (Å²) in [6.45, 7) is 5.27. The van der Waals surface area contributed by atoms with Crippen molar-refractivity contribution in [2.45, 2.75) is 13.3 Å². The number of pyridine rings is 1. The second kappa shape index (κ2) is 8.44. The highest BCUT2D eigenvalue weighted by Crippen LogP contribution is 2.40. The number of hydrogen-bond acceptors (Lipinski definition) is 7. The number of aromatic nitrogens is 4. The van der Waals surface area contributed by atoms with E-state index in [2.05, 4.69) is 30.0 Å².